The third-order valence-corrected chi connectivity index (χ3v) is 3.43. The van der Waals surface area contributed by atoms with Crippen LogP contribution in [0.15, 0.2) is 18.2 Å². The van der Waals surface area contributed by atoms with Gasteiger partial charge >= 0.3 is 0 Å². The third-order valence-electron chi connectivity index (χ3n) is 1.21. The minimum atomic E-state index is -0.677. The molecule has 65 valence electrons. The van der Waals surface area contributed by atoms with Gasteiger partial charge in [-0.25, -0.2) is 0 Å². The Morgan fingerprint density at radius 3 is 2.58 bits per heavy atom. The van der Waals surface area contributed by atoms with Gasteiger partial charge in [0.15, 0.2) is 0 Å². The molecule has 0 N–H and O–H groups in total. The molecule has 1 rings (SSSR count). The fourth-order valence-electron chi connectivity index (χ4n) is 0.776. The highest BCUT2D eigenvalue weighted by molar-refractivity contribution is 14.1. The Labute approximate surface area is 92.9 Å². The standard InChI is InChI=1S/C8H9ClIOSi/c1-12(2)11-6-3-4-8(10)7(9)5-6/h3-5H,1-2H3. The molecule has 0 aliphatic carbocycles. The number of hydrogen-bond donors (Lipinski definition) is 0. The summed E-state index contributed by atoms with van der Waals surface area (Å²) in [6.07, 6.45) is 0. The SMILES string of the molecule is C[Si](C)Oc1ccc(I)c(Cl)c1. The summed E-state index contributed by atoms with van der Waals surface area (Å²) in [6.45, 7) is 4.19. The summed E-state index contributed by atoms with van der Waals surface area (Å²) in [6, 6.07) is 5.77. The second-order valence-electron chi connectivity index (χ2n) is 2.59. The van der Waals surface area contributed by atoms with Crippen LogP contribution < -0.4 is 4.43 Å². The van der Waals surface area contributed by atoms with E-state index in [0.29, 0.717) is 0 Å². The zero-order valence-corrected chi connectivity index (χ0v) is 10.8. The van der Waals surface area contributed by atoms with Crippen molar-refractivity contribution in [2.75, 3.05) is 0 Å². The van der Waals surface area contributed by atoms with Crippen LogP contribution in [-0.4, -0.2) is 9.04 Å². The Hall–Kier alpha value is 0.257. The number of hydrogen-bond acceptors (Lipinski definition) is 1. The average molecular weight is 312 g/mol. The highest BCUT2D eigenvalue weighted by atomic mass is 127. The van der Waals surface area contributed by atoms with E-state index in [1.54, 1.807) is 0 Å². The van der Waals surface area contributed by atoms with Gasteiger partial charge in [-0.05, 0) is 53.9 Å². The lowest BCUT2D eigenvalue weighted by atomic mass is 10.3. The lowest BCUT2D eigenvalue weighted by Crippen LogP contribution is -2.10. The smallest absolute Gasteiger partial charge is 0.274 e. The first-order valence-electron chi connectivity index (χ1n) is 3.52. The molecule has 0 atom stereocenters. The van der Waals surface area contributed by atoms with Gasteiger partial charge in [-0.2, -0.15) is 0 Å². The van der Waals surface area contributed by atoms with E-state index in [0.717, 1.165) is 14.3 Å². The van der Waals surface area contributed by atoms with Crippen molar-refractivity contribution < 1.29 is 4.43 Å². The van der Waals surface area contributed by atoms with E-state index in [-0.39, 0.29) is 0 Å². The molecule has 0 saturated heterocycles. The maximum Gasteiger partial charge on any atom is 0.274 e. The molecule has 1 aromatic carbocycles. The summed E-state index contributed by atoms with van der Waals surface area (Å²) in [5.74, 6) is 0.874. The zero-order valence-electron chi connectivity index (χ0n) is 6.90. The second-order valence-corrected chi connectivity index (χ2v) is 6.18. The average Bonchev–Trinajstić information content (AvgIpc) is 1.96. The van der Waals surface area contributed by atoms with Gasteiger partial charge in [0.05, 0.1) is 5.02 Å². The first-order chi connectivity index (χ1) is 5.59. The quantitative estimate of drug-likeness (QED) is 0.599. The van der Waals surface area contributed by atoms with Crippen molar-refractivity contribution >= 4 is 43.2 Å². The molecule has 1 radical (unpaired) electrons. The molecule has 1 nitrogen and oxygen atoms in total. The van der Waals surface area contributed by atoms with Crippen LogP contribution in [0.1, 0.15) is 0 Å². The van der Waals surface area contributed by atoms with Crippen LogP contribution in [-0.2, 0) is 0 Å². The minimum absolute atomic E-state index is 0.677. The van der Waals surface area contributed by atoms with Crippen molar-refractivity contribution in [1.29, 1.82) is 0 Å². The lowest BCUT2D eigenvalue weighted by molar-refractivity contribution is 0.580. The molecule has 0 bridgehead atoms. The van der Waals surface area contributed by atoms with E-state index >= 15 is 0 Å². The number of halogens is 2. The second kappa shape index (κ2) is 4.48. The normalized spacial score (nSPS) is 10.4. The van der Waals surface area contributed by atoms with Gasteiger partial charge in [-0.3, -0.25) is 0 Å². The van der Waals surface area contributed by atoms with Gasteiger partial charge in [0.25, 0.3) is 9.04 Å². The summed E-state index contributed by atoms with van der Waals surface area (Å²) in [5, 5.41) is 0.761. The fourth-order valence-corrected chi connectivity index (χ4v) is 1.88. The van der Waals surface area contributed by atoms with Crippen LogP contribution in [0.2, 0.25) is 18.1 Å². The molecule has 0 unspecified atom stereocenters. The van der Waals surface area contributed by atoms with Crippen molar-refractivity contribution in [3.8, 4) is 5.75 Å². The fraction of sp³-hybridized carbons (Fsp3) is 0.250. The summed E-state index contributed by atoms with van der Waals surface area (Å²) in [5.41, 5.74) is 0. The van der Waals surface area contributed by atoms with E-state index in [1.807, 2.05) is 18.2 Å². The maximum atomic E-state index is 5.92. The van der Waals surface area contributed by atoms with Gasteiger partial charge in [0.2, 0.25) is 0 Å². The third kappa shape index (κ3) is 2.95. The summed E-state index contributed by atoms with van der Waals surface area (Å²) in [7, 11) is -0.677. The topological polar surface area (TPSA) is 9.23 Å². The largest absolute Gasteiger partial charge is 0.543 e. The van der Waals surface area contributed by atoms with Crippen LogP contribution in [0.3, 0.4) is 0 Å². The molecule has 0 spiro atoms. The summed E-state index contributed by atoms with van der Waals surface area (Å²) in [4.78, 5) is 0. The van der Waals surface area contributed by atoms with E-state index in [4.69, 9.17) is 16.0 Å². The molecule has 0 amide bonds. The molecular formula is C8H9ClIOSi. The van der Waals surface area contributed by atoms with Crippen LogP contribution in [0.5, 0.6) is 5.75 Å². The molecule has 12 heavy (non-hydrogen) atoms. The van der Waals surface area contributed by atoms with E-state index < -0.39 is 9.04 Å². The van der Waals surface area contributed by atoms with Crippen molar-refractivity contribution in [3.63, 3.8) is 0 Å². The molecule has 0 aromatic heterocycles. The molecular weight excluding hydrogens is 303 g/mol. The van der Waals surface area contributed by atoms with Crippen LogP contribution in [0.4, 0.5) is 0 Å². The molecule has 0 fully saturated rings. The zero-order chi connectivity index (χ0) is 9.14. The Kier molecular flexibility index (Phi) is 3.86. The Bertz CT molecular complexity index is 278. The van der Waals surface area contributed by atoms with Gasteiger partial charge in [0, 0.05) is 3.57 Å². The van der Waals surface area contributed by atoms with Crippen LogP contribution in [0.25, 0.3) is 0 Å². The lowest BCUT2D eigenvalue weighted by Gasteiger charge is -2.08. The monoisotopic (exact) mass is 311 g/mol. The van der Waals surface area contributed by atoms with Crippen molar-refractivity contribution in [1.82, 2.24) is 0 Å². The first kappa shape index (κ1) is 10.3. The number of rotatable bonds is 2. The molecule has 0 heterocycles. The van der Waals surface area contributed by atoms with E-state index in [2.05, 4.69) is 35.7 Å². The predicted molar refractivity (Wildman–Crippen MR) is 62.3 cm³/mol. The molecule has 1 aromatic rings. The predicted octanol–water partition coefficient (Wildman–Crippen LogP) is 3.57. The first-order valence-corrected chi connectivity index (χ1v) is 7.39. The number of benzene rings is 1. The van der Waals surface area contributed by atoms with Gasteiger partial charge < -0.3 is 4.43 Å². The van der Waals surface area contributed by atoms with Gasteiger partial charge in [-0.1, -0.05) is 11.6 Å². The summed E-state index contributed by atoms with van der Waals surface area (Å²) < 4.78 is 6.62. The molecule has 4 heteroatoms. The van der Waals surface area contributed by atoms with Crippen molar-refractivity contribution in [2.24, 2.45) is 0 Å². The molecule has 0 aliphatic rings. The van der Waals surface area contributed by atoms with E-state index in [1.165, 1.54) is 0 Å². The van der Waals surface area contributed by atoms with Gasteiger partial charge in [0.1, 0.15) is 5.75 Å². The van der Waals surface area contributed by atoms with E-state index in [9.17, 15) is 0 Å². The highest BCUT2D eigenvalue weighted by Crippen LogP contribution is 2.23. The Balaban J connectivity index is 2.82. The maximum absolute atomic E-state index is 5.92. The van der Waals surface area contributed by atoms with Crippen LogP contribution in [0, 0.1) is 3.57 Å². The van der Waals surface area contributed by atoms with Crippen molar-refractivity contribution in [2.45, 2.75) is 13.1 Å². The van der Waals surface area contributed by atoms with Crippen LogP contribution >= 0.6 is 34.2 Å². The van der Waals surface area contributed by atoms with Gasteiger partial charge in [-0.15, -0.1) is 0 Å². The Morgan fingerprint density at radius 2 is 2.08 bits per heavy atom. The summed E-state index contributed by atoms with van der Waals surface area (Å²) >= 11 is 8.12. The minimum Gasteiger partial charge on any atom is -0.543 e. The molecule has 0 saturated carbocycles. The molecule has 0 aliphatic heterocycles. The van der Waals surface area contributed by atoms with Crippen molar-refractivity contribution in [3.05, 3.63) is 26.8 Å². The Morgan fingerprint density at radius 1 is 1.42 bits per heavy atom. The highest BCUT2D eigenvalue weighted by Gasteiger charge is 2.02.